The first-order valence-electron chi connectivity index (χ1n) is 7.36. The molecule has 1 saturated heterocycles. The maximum atomic E-state index is 12.1. The number of carbonyl (C=O) groups excluding carboxylic acids is 2. The van der Waals surface area contributed by atoms with Gasteiger partial charge in [-0.3, -0.25) is 4.79 Å². The van der Waals surface area contributed by atoms with E-state index < -0.39 is 5.60 Å². The van der Waals surface area contributed by atoms with E-state index in [1.165, 1.54) is 11.3 Å². The van der Waals surface area contributed by atoms with E-state index in [0.29, 0.717) is 24.5 Å². The van der Waals surface area contributed by atoms with Crippen LogP contribution in [0.1, 0.15) is 36.9 Å². The standard InChI is InChI=1S/C15H20Br2N2O3S/c1-15(2,3)22-14(21)19-5-4-9(8-19)7-18-13(20)11-6-10(16)12(17)23-11/h6,9H,4-5,7-8H2,1-3H3,(H,18,20)/t9-/m1/s1. The fourth-order valence-corrected chi connectivity index (χ4v) is 4.23. The largest absolute Gasteiger partial charge is 0.444 e. The van der Waals surface area contributed by atoms with Crippen molar-refractivity contribution in [2.45, 2.75) is 32.8 Å². The number of rotatable bonds is 3. The van der Waals surface area contributed by atoms with Gasteiger partial charge in [-0.2, -0.15) is 0 Å². The molecule has 1 fully saturated rings. The molecule has 0 spiro atoms. The SMILES string of the molecule is CC(C)(C)OC(=O)N1CC[C@H](CNC(=O)c2cc(Br)c(Br)s2)C1. The lowest BCUT2D eigenvalue weighted by Gasteiger charge is -2.24. The molecule has 0 aromatic carbocycles. The first-order chi connectivity index (χ1) is 10.7. The number of nitrogens with one attached hydrogen (secondary N) is 1. The van der Waals surface area contributed by atoms with Gasteiger partial charge in [-0.05, 0) is 71.0 Å². The van der Waals surface area contributed by atoms with Crippen LogP contribution in [0.4, 0.5) is 4.79 Å². The van der Waals surface area contributed by atoms with Crippen molar-refractivity contribution < 1.29 is 14.3 Å². The van der Waals surface area contributed by atoms with E-state index in [0.717, 1.165) is 14.7 Å². The molecule has 0 radical (unpaired) electrons. The topological polar surface area (TPSA) is 58.6 Å². The van der Waals surface area contributed by atoms with Gasteiger partial charge in [-0.1, -0.05) is 0 Å². The minimum atomic E-state index is -0.483. The molecule has 2 heterocycles. The quantitative estimate of drug-likeness (QED) is 0.722. The summed E-state index contributed by atoms with van der Waals surface area (Å²) in [5.74, 6) is 0.176. The summed E-state index contributed by atoms with van der Waals surface area (Å²) in [6.45, 7) is 7.42. The molecule has 1 aliphatic heterocycles. The van der Waals surface area contributed by atoms with Crippen molar-refractivity contribution in [1.82, 2.24) is 10.2 Å². The molecule has 1 atom stereocenters. The lowest BCUT2D eigenvalue weighted by molar-refractivity contribution is 0.0288. The zero-order valence-corrected chi connectivity index (χ0v) is 17.3. The molecule has 2 rings (SSSR count). The molecule has 5 nitrogen and oxygen atoms in total. The van der Waals surface area contributed by atoms with Crippen molar-refractivity contribution in [2.75, 3.05) is 19.6 Å². The molecule has 8 heteroatoms. The van der Waals surface area contributed by atoms with Crippen LogP contribution >= 0.6 is 43.2 Å². The molecule has 1 aliphatic rings. The van der Waals surface area contributed by atoms with E-state index in [1.54, 1.807) is 11.0 Å². The third-order valence-corrected chi connectivity index (χ3v) is 6.61. The molecule has 0 unspecified atom stereocenters. The summed E-state index contributed by atoms with van der Waals surface area (Å²) in [6.07, 6.45) is 0.592. The number of likely N-dealkylation sites (tertiary alicyclic amines) is 1. The zero-order valence-electron chi connectivity index (χ0n) is 13.3. The monoisotopic (exact) mass is 466 g/mol. The Morgan fingerprint density at radius 1 is 1.43 bits per heavy atom. The second kappa shape index (κ2) is 7.53. The summed E-state index contributed by atoms with van der Waals surface area (Å²) in [5, 5.41) is 2.94. The van der Waals surface area contributed by atoms with Crippen LogP contribution in [-0.4, -0.2) is 42.1 Å². The maximum Gasteiger partial charge on any atom is 0.410 e. The molecule has 23 heavy (non-hydrogen) atoms. The summed E-state index contributed by atoms with van der Waals surface area (Å²) in [5.41, 5.74) is -0.483. The van der Waals surface area contributed by atoms with Crippen LogP contribution in [0.25, 0.3) is 0 Å². The highest BCUT2D eigenvalue weighted by atomic mass is 79.9. The fraction of sp³-hybridized carbons (Fsp3) is 0.600. The van der Waals surface area contributed by atoms with Crippen molar-refractivity contribution in [3.63, 3.8) is 0 Å². The van der Waals surface area contributed by atoms with Crippen molar-refractivity contribution in [3.8, 4) is 0 Å². The minimum absolute atomic E-state index is 0.0860. The van der Waals surface area contributed by atoms with Crippen LogP contribution in [-0.2, 0) is 4.74 Å². The normalized spacial score (nSPS) is 18.1. The molecule has 2 amide bonds. The molecule has 0 aliphatic carbocycles. The highest BCUT2D eigenvalue weighted by molar-refractivity contribution is 9.13. The van der Waals surface area contributed by atoms with Gasteiger partial charge in [-0.15, -0.1) is 11.3 Å². The first-order valence-corrected chi connectivity index (χ1v) is 9.77. The summed E-state index contributed by atoms with van der Waals surface area (Å²) in [4.78, 5) is 26.5. The van der Waals surface area contributed by atoms with Gasteiger partial charge < -0.3 is 15.0 Å². The van der Waals surface area contributed by atoms with E-state index >= 15 is 0 Å². The van der Waals surface area contributed by atoms with Gasteiger partial charge in [0, 0.05) is 24.1 Å². The van der Waals surface area contributed by atoms with Crippen molar-refractivity contribution in [3.05, 3.63) is 19.2 Å². The second-order valence-electron chi connectivity index (χ2n) is 6.52. The molecular formula is C15H20Br2N2O3S. The third kappa shape index (κ3) is 5.46. The van der Waals surface area contributed by atoms with Crippen molar-refractivity contribution >= 4 is 55.2 Å². The van der Waals surface area contributed by atoms with E-state index in [2.05, 4.69) is 37.2 Å². The Bertz CT molecular complexity index is 579. The summed E-state index contributed by atoms with van der Waals surface area (Å²) >= 11 is 8.15. The fourth-order valence-electron chi connectivity index (χ4n) is 2.27. The lowest BCUT2D eigenvalue weighted by Crippen LogP contribution is -2.36. The van der Waals surface area contributed by atoms with Crippen LogP contribution in [0, 0.1) is 5.92 Å². The molecule has 0 bridgehead atoms. The molecular weight excluding hydrogens is 448 g/mol. The summed E-state index contributed by atoms with van der Waals surface area (Å²) in [6, 6.07) is 1.80. The van der Waals surface area contributed by atoms with Gasteiger partial charge in [0.15, 0.2) is 0 Å². The average Bonchev–Trinajstić information content (AvgIpc) is 3.02. The maximum absolute atomic E-state index is 12.1. The number of amides is 2. The molecule has 0 saturated carbocycles. The number of halogens is 2. The van der Waals surface area contributed by atoms with E-state index in [4.69, 9.17) is 4.74 Å². The van der Waals surface area contributed by atoms with Crippen LogP contribution in [0.3, 0.4) is 0 Å². The Kier molecular flexibility index (Phi) is 6.13. The second-order valence-corrected chi connectivity index (χ2v) is 9.75. The van der Waals surface area contributed by atoms with Crippen LogP contribution in [0.5, 0.6) is 0 Å². The predicted octanol–water partition coefficient (Wildman–Crippen LogP) is 4.26. The van der Waals surface area contributed by atoms with E-state index in [9.17, 15) is 9.59 Å². The molecule has 1 aromatic rings. The number of carbonyl (C=O) groups is 2. The molecule has 1 N–H and O–H groups in total. The Labute approximate surface area is 157 Å². The zero-order chi connectivity index (χ0) is 17.2. The number of nitrogens with zero attached hydrogens (tertiary/aromatic N) is 1. The Morgan fingerprint density at radius 3 is 2.70 bits per heavy atom. The number of hydrogen-bond donors (Lipinski definition) is 1. The van der Waals surface area contributed by atoms with Gasteiger partial charge in [-0.25, -0.2) is 4.79 Å². The third-order valence-electron chi connectivity index (χ3n) is 3.36. The Balaban J connectivity index is 1.79. The summed E-state index contributed by atoms with van der Waals surface area (Å²) < 4.78 is 7.15. The van der Waals surface area contributed by atoms with Gasteiger partial charge >= 0.3 is 6.09 Å². The number of hydrogen-bond acceptors (Lipinski definition) is 4. The smallest absolute Gasteiger partial charge is 0.410 e. The van der Waals surface area contributed by atoms with E-state index in [1.807, 2.05) is 20.8 Å². The highest BCUT2D eigenvalue weighted by Gasteiger charge is 2.30. The van der Waals surface area contributed by atoms with Gasteiger partial charge in [0.05, 0.1) is 8.66 Å². The van der Waals surface area contributed by atoms with E-state index in [-0.39, 0.29) is 17.9 Å². The summed E-state index contributed by atoms with van der Waals surface area (Å²) in [7, 11) is 0. The number of ether oxygens (including phenoxy) is 1. The predicted molar refractivity (Wildman–Crippen MR) is 98.0 cm³/mol. The molecule has 1 aromatic heterocycles. The van der Waals surface area contributed by atoms with Crippen LogP contribution in [0.15, 0.2) is 14.3 Å². The van der Waals surface area contributed by atoms with Crippen molar-refractivity contribution in [2.24, 2.45) is 5.92 Å². The Morgan fingerprint density at radius 2 is 2.13 bits per heavy atom. The lowest BCUT2D eigenvalue weighted by atomic mass is 10.1. The van der Waals surface area contributed by atoms with Crippen LogP contribution < -0.4 is 5.32 Å². The van der Waals surface area contributed by atoms with Gasteiger partial charge in [0.25, 0.3) is 5.91 Å². The minimum Gasteiger partial charge on any atom is -0.444 e. The van der Waals surface area contributed by atoms with Gasteiger partial charge in [0.1, 0.15) is 5.60 Å². The van der Waals surface area contributed by atoms with Crippen molar-refractivity contribution in [1.29, 1.82) is 0 Å². The highest BCUT2D eigenvalue weighted by Crippen LogP contribution is 2.32. The van der Waals surface area contributed by atoms with Gasteiger partial charge in [0.2, 0.25) is 0 Å². The molecule has 128 valence electrons. The Hall–Kier alpha value is -0.600. The van der Waals surface area contributed by atoms with Crippen LogP contribution in [0.2, 0.25) is 0 Å². The number of thiophene rings is 1. The first kappa shape index (κ1) is 18.7. The average molecular weight is 468 g/mol.